The van der Waals surface area contributed by atoms with Crippen molar-refractivity contribution in [1.82, 2.24) is 0 Å². The zero-order valence-corrected chi connectivity index (χ0v) is 8.44. The first-order chi connectivity index (χ1) is 7.36. The Morgan fingerprint density at radius 3 is 2.80 bits per heavy atom. The summed E-state index contributed by atoms with van der Waals surface area (Å²) >= 11 is 0. The molecule has 1 heterocycles. The van der Waals surface area contributed by atoms with E-state index in [4.69, 9.17) is 9.25 Å². The van der Waals surface area contributed by atoms with E-state index in [1.165, 1.54) is 12.7 Å². The molecule has 4 nitrogen and oxygen atoms in total. The summed E-state index contributed by atoms with van der Waals surface area (Å²) in [5.41, 5.74) is 0.973. The second-order valence-corrected chi connectivity index (χ2v) is 3.57. The Kier molecular flexibility index (Phi) is 3.17. The highest BCUT2D eigenvalue weighted by molar-refractivity contribution is 5.88. The first-order valence-electron chi connectivity index (χ1n) is 5.17. The Morgan fingerprint density at radius 2 is 2.13 bits per heavy atom. The van der Waals surface area contributed by atoms with Crippen LogP contribution in [-0.4, -0.2) is 11.7 Å². The van der Waals surface area contributed by atoms with Gasteiger partial charge in [-0.25, -0.2) is 4.79 Å². The van der Waals surface area contributed by atoms with Gasteiger partial charge in [0.15, 0.2) is 0 Å². The number of carbonyl (C=O) groups excluding carboxylic acids is 1. The number of furan rings is 1. The van der Waals surface area contributed by atoms with Gasteiger partial charge in [-0.1, -0.05) is 11.6 Å². The topological polar surface area (TPSA) is 51.8 Å². The lowest BCUT2D eigenvalue weighted by Gasteiger charge is -2.10. The molecule has 0 N–H and O–H groups in total. The van der Waals surface area contributed by atoms with Gasteiger partial charge in [0.25, 0.3) is 0 Å². The number of hydrogen-bond donors (Lipinski definition) is 0. The average Bonchev–Trinajstić information content (AvgIpc) is 2.81. The lowest BCUT2D eigenvalue weighted by atomic mass is 9.99. The molecule has 1 fully saturated rings. The van der Waals surface area contributed by atoms with E-state index < -0.39 is 5.97 Å². The summed E-state index contributed by atoms with van der Waals surface area (Å²) in [6.45, 7) is 0. The van der Waals surface area contributed by atoms with Crippen LogP contribution in [0.25, 0.3) is 0 Å². The van der Waals surface area contributed by atoms with Crippen molar-refractivity contribution in [3.63, 3.8) is 0 Å². The molecule has 15 heavy (non-hydrogen) atoms. The van der Waals surface area contributed by atoms with Crippen molar-refractivity contribution in [1.29, 1.82) is 0 Å². The van der Waals surface area contributed by atoms with E-state index in [0.717, 1.165) is 31.4 Å². The molecule has 1 aromatic rings. The van der Waals surface area contributed by atoms with E-state index in [2.05, 4.69) is 5.16 Å². The molecule has 1 aliphatic rings. The molecule has 1 saturated carbocycles. The lowest BCUT2D eigenvalue weighted by Crippen LogP contribution is -2.07. The molecule has 0 aromatic carbocycles. The van der Waals surface area contributed by atoms with Gasteiger partial charge < -0.3 is 9.25 Å². The van der Waals surface area contributed by atoms with E-state index >= 15 is 0 Å². The Hall–Kier alpha value is -1.58. The maximum atomic E-state index is 11.3. The summed E-state index contributed by atoms with van der Waals surface area (Å²) < 4.78 is 4.89. The van der Waals surface area contributed by atoms with Crippen molar-refractivity contribution < 1.29 is 14.0 Å². The molecule has 0 radical (unpaired) electrons. The normalized spacial score (nSPS) is 16.1. The maximum absolute atomic E-state index is 11.3. The third-order valence-electron chi connectivity index (χ3n) is 2.41. The standard InChI is InChI=1S/C11H13NO3/c13-11(10-7-4-8-14-10)15-12-9-5-2-1-3-6-9/h4,7-8H,1-3,5-6H2. The summed E-state index contributed by atoms with van der Waals surface area (Å²) in [4.78, 5) is 16.1. The molecule has 1 aromatic heterocycles. The van der Waals surface area contributed by atoms with Gasteiger partial charge in [0, 0.05) is 0 Å². The molecule has 0 amide bonds. The molecule has 80 valence electrons. The van der Waals surface area contributed by atoms with Crippen LogP contribution < -0.4 is 0 Å². The quantitative estimate of drug-likeness (QED) is 0.553. The Bertz CT molecular complexity index is 346. The monoisotopic (exact) mass is 207 g/mol. The molecular weight excluding hydrogens is 194 g/mol. The fourth-order valence-electron chi connectivity index (χ4n) is 1.60. The number of carbonyl (C=O) groups is 1. The minimum atomic E-state index is -0.530. The van der Waals surface area contributed by atoms with Crippen LogP contribution in [0.3, 0.4) is 0 Å². The van der Waals surface area contributed by atoms with Crippen molar-refractivity contribution in [2.75, 3.05) is 0 Å². The second kappa shape index (κ2) is 4.77. The Labute approximate surface area is 87.9 Å². The molecular formula is C11H13NO3. The third-order valence-corrected chi connectivity index (χ3v) is 2.41. The number of rotatable bonds is 2. The summed E-state index contributed by atoms with van der Waals surface area (Å²) in [5.74, 6) is -0.340. The largest absolute Gasteiger partial charge is 0.457 e. The molecule has 4 heteroatoms. The lowest BCUT2D eigenvalue weighted by molar-refractivity contribution is 0.0477. The number of oxime groups is 1. The van der Waals surface area contributed by atoms with Gasteiger partial charge in [-0.05, 0) is 37.8 Å². The highest BCUT2D eigenvalue weighted by atomic mass is 16.7. The minimum absolute atomic E-state index is 0.190. The molecule has 0 bridgehead atoms. The van der Waals surface area contributed by atoms with E-state index in [9.17, 15) is 4.79 Å². The van der Waals surface area contributed by atoms with E-state index in [0.29, 0.717) is 0 Å². The molecule has 0 unspecified atom stereocenters. The van der Waals surface area contributed by atoms with Crippen molar-refractivity contribution in [2.24, 2.45) is 5.16 Å². The molecule has 1 aliphatic carbocycles. The van der Waals surface area contributed by atoms with Crippen LogP contribution in [0.5, 0.6) is 0 Å². The zero-order chi connectivity index (χ0) is 10.5. The van der Waals surface area contributed by atoms with Gasteiger partial charge in [-0.15, -0.1) is 0 Å². The Balaban J connectivity index is 1.89. The van der Waals surface area contributed by atoms with Crippen molar-refractivity contribution >= 4 is 11.7 Å². The first-order valence-corrected chi connectivity index (χ1v) is 5.17. The van der Waals surface area contributed by atoms with Gasteiger partial charge in [0.1, 0.15) is 0 Å². The SMILES string of the molecule is O=C(ON=C1CCCCC1)c1ccco1. The van der Waals surface area contributed by atoms with Crippen molar-refractivity contribution in [3.05, 3.63) is 24.2 Å². The predicted molar refractivity (Wildman–Crippen MR) is 54.6 cm³/mol. The highest BCUT2D eigenvalue weighted by Gasteiger charge is 2.12. The smallest absolute Gasteiger partial charge is 0.400 e. The van der Waals surface area contributed by atoms with Crippen LogP contribution in [0.1, 0.15) is 42.7 Å². The van der Waals surface area contributed by atoms with Crippen LogP contribution in [-0.2, 0) is 4.84 Å². The minimum Gasteiger partial charge on any atom is -0.457 e. The van der Waals surface area contributed by atoms with Gasteiger partial charge in [-0.3, -0.25) is 0 Å². The van der Waals surface area contributed by atoms with Crippen molar-refractivity contribution in [2.45, 2.75) is 32.1 Å². The zero-order valence-electron chi connectivity index (χ0n) is 8.44. The molecule has 0 spiro atoms. The van der Waals surface area contributed by atoms with E-state index in [-0.39, 0.29) is 5.76 Å². The van der Waals surface area contributed by atoms with Gasteiger partial charge in [0.2, 0.25) is 5.76 Å². The molecule has 0 saturated heterocycles. The number of nitrogens with zero attached hydrogens (tertiary/aromatic N) is 1. The molecule has 2 rings (SSSR count). The second-order valence-electron chi connectivity index (χ2n) is 3.57. The van der Waals surface area contributed by atoms with E-state index in [1.54, 1.807) is 12.1 Å². The van der Waals surface area contributed by atoms with Crippen LogP contribution in [0.4, 0.5) is 0 Å². The van der Waals surface area contributed by atoms with Crippen LogP contribution in [0.2, 0.25) is 0 Å². The summed E-state index contributed by atoms with van der Waals surface area (Å²) in [6, 6.07) is 3.20. The fourth-order valence-corrected chi connectivity index (χ4v) is 1.60. The van der Waals surface area contributed by atoms with Crippen molar-refractivity contribution in [3.8, 4) is 0 Å². The highest BCUT2D eigenvalue weighted by Crippen LogP contribution is 2.15. The average molecular weight is 207 g/mol. The van der Waals surface area contributed by atoms with Crippen LogP contribution >= 0.6 is 0 Å². The first kappa shape index (κ1) is 9.96. The molecule has 0 atom stereocenters. The van der Waals surface area contributed by atoms with Crippen LogP contribution in [0, 0.1) is 0 Å². The third kappa shape index (κ3) is 2.68. The van der Waals surface area contributed by atoms with E-state index in [1.807, 2.05) is 0 Å². The summed E-state index contributed by atoms with van der Waals surface area (Å²) in [6.07, 6.45) is 6.82. The van der Waals surface area contributed by atoms with Gasteiger partial charge in [-0.2, -0.15) is 0 Å². The fraction of sp³-hybridized carbons (Fsp3) is 0.455. The predicted octanol–water partition coefficient (Wildman–Crippen LogP) is 2.76. The maximum Gasteiger partial charge on any atom is 0.400 e. The van der Waals surface area contributed by atoms with Gasteiger partial charge in [0.05, 0.1) is 12.0 Å². The Morgan fingerprint density at radius 1 is 1.33 bits per heavy atom. The number of hydrogen-bond acceptors (Lipinski definition) is 4. The molecule has 0 aliphatic heterocycles. The summed E-state index contributed by atoms with van der Waals surface area (Å²) in [5, 5.41) is 3.85. The van der Waals surface area contributed by atoms with Crippen LogP contribution in [0.15, 0.2) is 28.0 Å². The summed E-state index contributed by atoms with van der Waals surface area (Å²) in [7, 11) is 0. The van der Waals surface area contributed by atoms with Gasteiger partial charge >= 0.3 is 5.97 Å².